The Morgan fingerprint density at radius 2 is 1.44 bits per heavy atom. The minimum absolute atomic E-state index is 0.437. The normalized spacial score (nSPS) is 11.0. The molecule has 0 heterocycles. The minimum Gasteiger partial charge on any atom is -0.268 e. The number of hydrogen-bond acceptors (Lipinski definition) is 1. The Kier molecular flexibility index (Phi) is 5.16. The molecule has 0 saturated carbocycles. The summed E-state index contributed by atoms with van der Waals surface area (Å²) in [5.41, 5.74) is 3.47. The largest absolute Gasteiger partial charge is 0.345 e. The van der Waals surface area contributed by atoms with Crippen molar-refractivity contribution in [3.05, 3.63) is 29.3 Å². The van der Waals surface area contributed by atoms with Crippen LogP contribution in [0.25, 0.3) is 0 Å². The van der Waals surface area contributed by atoms with Crippen LogP contribution in [0.15, 0.2) is 22.8 Å². The highest BCUT2D eigenvalue weighted by Gasteiger charge is 2.13. The zero-order valence-electron chi connectivity index (χ0n) is 10.1. The Labute approximate surface area is 109 Å². The van der Waals surface area contributed by atoms with E-state index in [0.717, 1.165) is 5.69 Å². The van der Waals surface area contributed by atoms with E-state index in [0.29, 0.717) is 11.8 Å². The molecule has 0 bridgehead atoms. The highest BCUT2D eigenvalue weighted by Crippen LogP contribution is 2.34. The Morgan fingerprint density at radius 1 is 1.00 bits per heavy atom. The maximum absolute atomic E-state index is 5.87. The number of rotatable bonds is 3. The minimum atomic E-state index is -1.63. The van der Waals surface area contributed by atoms with E-state index in [1.165, 1.54) is 11.1 Å². The van der Waals surface area contributed by atoms with Crippen LogP contribution >= 0.6 is 22.2 Å². The van der Waals surface area contributed by atoms with Crippen LogP contribution in [0.2, 0.25) is 0 Å². The van der Waals surface area contributed by atoms with Gasteiger partial charge in [-0.1, -0.05) is 68.1 Å². The van der Waals surface area contributed by atoms with Crippen molar-refractivity contribution in [1.29, 1.82) is 0 Å². The summed E-state index contributed by atoms with van der Waals surface area (Å²) in [4.78, 5) is 0. The maximum Gasteiger partial charge on any atom is 0.345 e. The first-order chi connectivity index (χ1) is 7.43. The van der Waals surface area contributed by atoms with Crippen LogP contribution in [0.1, 0.15) is 50.7 Å². The van der Waals surface area contributed by atoms with E-state index in [2.05, 4.69) is 50.5 Å². The van der Waals surface area contributed by atoms with Crippen molar-refractivity contribution in [2.45, 2.75) is 39.5 Å². The number of hydrogen-bond donors (Lipinski definition) is 0. The third kappa shape index (κ3) is 3.41. The van der Waals surface area contributed by atoms with Crippen LogP contribution in [-0.4, -0.2) is 7.21 Å². The first-order valence-electron chi connectivity index (χ1n) is 5.46. The number of benzene rings is 1. The number of halogens is 2. The molecule has 0 unspecified atom stereocenters. The molecular weight excluding hydrogens is 257 g/mol. The molecule has 88 valence electrons. The molecule has 16 heavy (non-hydrogen) atoms. The van der Waals surface area contributed by atoms with Crippen LogP contribution in [0.5, 0.6) is 0 Å². The molecule has 1 nitrogen and oxygen atoms in total. The van der Waals surface area contributed by atoms with Gasteiger partial charge in [0.15, 0.2) is 0 Å². The zero-order valence-corrected chi connectivity index (χ0v) is 12.6. The van der Waals surface area contributed by atoms with Gasteiger partial charge in [0.05, 0.1) is 5.69 Å². The predicted octanol–water partition coefficient (Wildman–Crippen LogP) is 5.30. The van der Waals surface area contributed by atoms with E-state index < -0.39 is 7.21 Å². The molecule has 0 N–H and O–H groups in total. The molecule has 0 saturated heterocycles. The standard InChI is InChI=1S/C12H17Cl2NSi/c1-8(2)10-6-5-7-11(9(3)4)12(10)15-16(13)14/h5-9H,1-4H3. The van der Waals surface area contributed by atoms with E-state index in [1.54, 1.807) is 0 Å². The highest BCUT2D eigenvalue weighted by atomic mass is 35.7. The summed E-state index contributed by atoms with van der Waals surface area (Å²) in [7, 11) is -1.63. The molecule has 0 fully saturated rings. The first-order valence-corrected chi connectivity index (χ1v) is 8.93. The molecule has 0 amide bonds. The first kappa shape index (κ1) is 13.9. The molecule has 1 aromatic rings. The third-order valence-electron chi connectivity index (χ3n) is 2.54. The van der Waals surface area contributed by atoms with Crippen molar-refractivity contribution < 1.29 is 0 Å². The van der Waals surface area contributed by atoms with Crippen molar-refractivity contribution in [3.8, 4) is 0 Å². The Morgan fingerprint density at radius 3 is 1.75 bits per heavy atom. The molecule has 0 atom stereocenters. The quantitative estimate of drug-likeness (QED) is 0.524. The zero-order chi connectivity index (χ0) is 12.3. The number of nitrogens with zero attached hydrogens (tertiary/aromatic N) is 1. The van der Waals surface area contributed by atoms with Crippen LogP contribution < -0.4 is 0 Å². The summed E-state index contributed by atoms with van der Waals surface area (Å²) in [6.07, 6.45) is 0. The maximum atomic E-state index is 5.87. The fraction of sp³-hybridized carbons (Fsp3) is 0.500. The fourth-order valence-corrected chi connectivity index (χ4v) is 2.66. The van der Waals surface area contributed by atoms with Gasteiger partial charge in [0, 0.05) is 0 Å². The lowest BCUT2D eigenvalue weighted by atomic mass is 9.93. The molecule has 1 aromatic carbocycles. The van der Waals surface area contributed by atoms with Crippen molar-refractivity contribution in [2.24, 2.45) is 4.63 Å². The summed E-state index contributed by atoms with van der Waals surface area (Å²) in [6.45, 7) is 8.64. The molecule has 4 heteroatoms. The Balaban J connectivity index is 3.41. The van der Waals surface area contributed by atoms with Crippen LogP contribution in [0, 0.1) is 0 Å². The molecule has 0 spiro atoms. The third-order valence-corrected chi connectivity index (χ3v) is 3.44. The lowest BCUT2D eigenvalue weighted by Gasteiger charge is -2.16. The van der Waals surface area contributed by atoms with E-state index in [9.17, 15) is 0 Å². The van der Waals surface area contributed by atoms with Crippen LogP contribution in [0.4, 0.5) is 5.69 Å². The molecule has 0 aliphatic heterocycles. The molecule has 0 aliphatic carbocycles. The van der Waals surface area contributed by atoms with E-state index in [4.69, 9.17) is 22.2 Å². The monoisotopic (exact) mass is 273 g/mol. The average molecular weight is 274 g/mol. The van der Waals surface area contributed by atoms with Crippen molar-refractivity contribution in [2.75, 3.05) is 0 Å². The van der Waals surface area contributed by atoms with E-state index >= 15 is 0 Å². The van der Waals surface area contributed by atoms with Gasteiger partial charge in [-0.3, -0.25) is 4.63 Å². The topological polar surface area (TPSA) is 12.4 Å². The van der Waals surface area contributed by atoms with Gasteiger partial charge in [0.2, 0.25) is 0 Å². The summed E-state index contributed by atoms with van der Waals surface area (Å²) in [5.74, 6) is 0.874. The van der Waals surface area contributed by atoms with E-state index in [1.807, 2.05) is 0 Å². The SMILES string of the molecule is CC(C)c1cccc(C(C)C)c1N=[Si](Cl)Cl. The second-order valence-corrected chi connectivity index (χ2v) is 7.88. The summed E-state index contributed by atoms with van der Waals surface area (Å²) < 4.78 is 4.43. The van der Waals surface area contributed by atoms with Gasteiger partial charge in [-0.2, -0.15) is 0 Å². The predicted molar refractivity (Wildman–Crippen MR) is 74.2 cm³/mol. The van der Waals surface area contributed by atoms with Crippen molar-refractivity contribution >= 4 is 35.1 Å². The van der Waals surface area contributed by atoms with Gasteiger partial charge in [-0.05, 0) is 23.0 Å². The molecule has 0 radical (unpaired) electrons. The second-order valence-electron chi connectivity index (χ2n) is 4.45. The second kappa shape index (κ2) is 5.94. The van der Waals surface area contributed by atoms with Gasteiger partial charge in [0.25, 0.3) is 0 Å². The molecule has 0 aromatic heterocycles. The lowest BCUT2D eigenvalue weighted by Crippen LogP contribution is -1.96. The van der Waals surface area contributed by atoms with Crippen LogP contribution in [0.3, 0.4) is 0 Å². The Bertz CT molecular complexity index is 370. The van der Waals surface area contributed by atoms with Gasteiger partial charge >= 0.3 is 7.21 Å². The summed E-state index contributed by atoms with van der Waals surface area (Å²) in [5, 5.41) is 0. The summed E-state index contributed by atoms with van der Waals surface area (Å²) >= 11 is 11.7. The molecule has 1 rings (SSSR count). The van der Waals surface area contributed by atoms with Crippen molar-refractivity contribution in [3.63, 3.8) is 0 Å². The fourth-order valence-electron chi connectivity index (χ4n) is 1.73. The van der Waals surface area contributed by atoms with Gasteiger partial charge < -0.3 is 0 Å². The average Bonchev–Trinajstić information content (AvgIpc) is 2.16. The van der Waals surface area contributed by atoms with Gasteiger partial charge in [-0.25, -0.2) is 0 Å². The lowest BCUT2D eigenvalue weighted by molar-refractivity contribution is 0.835. The van der Waals surface area contributed by atoms with Gasteiger partial charge in [0.1, 0.15) is 0 Å². The van der Waals surface area contributed by atoms with Crippen molar-refractivity contribution in [1.82, 2.24) is 0 Å². The van der Waals surface area contributed by atoms with Crippen LogP contribution in [-0.2, 0) is 0 Å². The van der Waals surface area contributed by atoms with Gasteiger partial charge in [-0.15, -0.1) is 0 Å². The molecule has 0 aliphatic rings. The van der Waals surface area contributed by atoms with E-state index in [-0.39, 0.29) is 0 Å². The highest BCUT2D eigenvalue weighted by molar-refractivity contribution is 7.27. The Hall–Kier alpha value is -0.183. The smallest absolute Gasteiger partial charge is 0.268 e. The summed E-state index contributed by atoms with van der Waals surface area (Å²) in [6, 6.07) is 6.29. The molecular formula is C12H17Cl2NSi.